The number of hydrogen-bond acceptors (Lipinski definition) is 1. The Morgan fingerprint density at radius 3 is 2.43 bits per heavy atom. The molecule has 0 aliphatic rings. The highest BCUT2D eigenvalue weighted by Gasteiger charge is 2.18. The molecule has 0 radical (unpaired) electrons. The van der Waals surface area contributed by atoms with Crippen molar-refractivity contribution in [1.82, 2.24) is 5.32 Å². The van der Waals surface area contributed by atoms with E-state index >= 15 is 0 Å². The molecule has 0 heterocycles. The SMILES string of the molecule is CCNC(Cc1c(Cl)cccc1Cl)c1cc(C)ccc1F. The number of nitrogens with one attached hydrogen (secondary N) is 1. The minimum Gasteiger partial charge on any atom is -0.310 e. The van der Waals surface area contributed by atoms with Gasteiger partial charge in [-0.3, -0.25) is 0 Å². The first kappa shape index (κ1) is 16.3. The van der Waals surface area contributed by atoms with Gasteiger partial charge in [-0.2, -0.15) is 0 Å². The summed E-state index contributed by atoms with van der Waals surface area (Å²) in [5.74, 6) is -0.213. The summed E-state index contributed by atoms with van der Waals surface area (Å²) in [6.07, 6.45) is 0.548. The van der Waals surface area contributed by atoms with E-state index in [9.17, 15) is 4.39 Å². The fourth-order valence-corrected chi connectivity index (χ4v) is 2.95. The summed E-state index contributed by atoms with van der Waals surface area (Å²) in [5.41, 5.74) is 2.51. The summed E-state index contributed by atoms with van der Waals surface area (Å²) in [5, 5.41) is 4.53. The predicted octanol–water partition coefficient (Wildman–Crippen LogP) is 5.33. The van der Waals surface area contributed by atoms with Crippen molar-refractivity contribution >= 4 is 23.2 Å². The summed E-state index contributed by atoms with van der Waals surface area (Å²) in [7, 11) is 0. The van der Waals surface area contributed by atoms with Crippen LogP contribution in [0.1, 0.15) is 29.7 Å². The van der Waals surface area contributed by atoms with E-state index in [0.29, 0.717) is 22.0 Å². The third-order valence-electron chi connectivity index (χ3n) is 3.45. The van der Waals surface area contributed by atoms with Crippen molar-refractivity contribution in [3.63, 3.8) is 0 Å². The molecule has 1 N–H and O–H groups in total. The molecule has 4 heteroatoms. The van der Waals surface area contributed by atoms with Crippen LogP contribution in [0.5, 0.6) is 0 Å². The Balaban J connectivity index is 2.38. The molecule has 0 bridgehead atoms. The largest absolute Gasteiger partial charge is 0.310 e. The highest BCUT2D eigenvalue weighted by Crippen LogP contribution is 2.30. The molecular formula is C17H18Cl2FN. The molecule has 1 atom stereocenters. The highest BCUT2D eigenvalue weighted by atomic mass is 35.5. The zero-order chi connectivity index (χ0) is 15.4. The molecular weight excluding hydrogens is 308 g/mol. The lowest BCUT2D eigenvalue weighted by molar-refractivity contribution is 0.509. The summed E-state index contributed by atoms with van der Waals surface area (Å²) in [6.45, 7) is 4.68. The number of likely N-dealkylation sites (N-methyl/N-ethyl adjacent to an activating group) is 1. The molecule has 2 aromatic rings. The van der Waals surface area contributed by atoms with Gasteiger partial charge in [-0.25, -0.2) is 4.39 Å². The fraction of sp³-hybridized carbons (Fsp3) is 0.294. The van der Waals surface area contributed by atoms with E-state index < -0.39 is 0 Å². The maximum Gasteiger partial charge on any atom is 0.128 e. The first-order chi connectivity index (χ1) is 10.0. The molecule has 0 aliphatic heterocycles. The van der Waals surface area contributed by atoms with Crippen LogP contribution in [-0.4, -0.2) is 6.54 Å². The van der Waals surface area contributed by atoms with Gasteiger partial charge in [0, 0.05) is 21.7 Å². The van der Waals surface area contributed by atoms with Crippen molar-refractivity contribution in [2.75, 3.05) is 6.54 Å². The molecule has 0 saturated heterocycles. The van der Waals surface area contributed by atoms with Gasteiger partial charge >= 0.3 is 0 Å². The maximum absolute atomic E-state index is 14.1. The lowest BCUT2D eigenvalue weighted by Crippen LogP contribution is -2.24. The molecule has 0 spiro atoms. The second-order valence-corrected chi connectivity index (χ2v) is 5.85. The van der Waals surface area contributed by atoms with Crippen LogP contribution in [0.15, 0.2) is 36.4 Å². The van der Waals surface area contributed by atoms with Crippen LogP contribution in [0.25, 0.3) is 0 Å². The van der Waals surface area contributed by atoms with Gasteiger partial charge in [0.1, 0.15) is 5.82 Å². The number of benzene rings is 2. The van der Waals surface area contributed by atoms with Crippen molar-refractivity contribution in [2.45, 2.75) is 26.3 Å². The van der Waals surface area contributed by atoms with E-state index in [1.165, 1.54) is 6.07 Å². The van der Waals surface area contributed by atoms with Crippen LogP contribution in [0.2, 0.25) is 10.0 Å². The van der Waals surface area contributed by atoms with Crippen molar-refractivity contribution in [2.24, 2.45) is 0 Å². The minimum atomic E-state index is -0.213. The standard InChI is InChI=1S/C17H18Cl2FN/c1-3-21-17(13-9-11(2)7-8-16(13)20)10-12-14(18)5-4-6-15(12)19/h4-9,17,21H,3,10H2,1-2H3. The lowest BCUT2D eigenvalue weighted by atomic mass is 9.97. The topological polar surface area (TPSA) is 12.0 Å². The molecule has 0 fully saturated rings. The van der Waals surface area contributed by atoms with Crippen LogP contribution >= 0.6 is 23.2 Å². The van der Waals surface area contributed by atoms with Gasteiger partial charge in [-0.1, -0.05) is 53.9 Å². The Hall–Kier alpha value is -1.09. The molecule has 1 nitrogen and oxygen atoms in total. The summed E-state index contributed by atoms with van der Waals surface area (Å²) >= 11 is 12.5. The summed E-state index contributed by atoms with van der Waals surface area (Å²) in [4.78, 5) is 0. The van der Waals surface area contributed by atoms with Crippen molar-refractivity contribution in [3.05, 3.63) is 69.0 Å². The Kier molecular flexibility index (Phi) is 5.63. The van der Waals surface area contributed by atoms with Crippen molar-refractivity contribution < 1.29 is 4.39 Å². The number of rotatable bonds is 5. The maximum atomic E-state index is 14.1. The number of halogens is 3. The smallest absolute Gasteiger partial charge is 0.128 e. The monoisotopic (exact) mass is 325 g/mol. The fourth-order valence-electron chi connectivity index (χ4n) is 2.40. The van der Waals surface area contributed by atoms with Gasteiger partial charge < -0.3 is 5.32 Å². The number of aryl methyl sites for hydroxylation is 1. The predicted molar refractivity (Wildman–Crippen MR) is 87.7 cm³/mol. The molecule has 0 aliphatic carbocycles. The van der Waals surface area contributed by atoms with Crippen LogP contribution in [0.3, 0.4) is 0 Å². The first-order valence-corrected chi connectivity index (χ1v) is 7.70. The zero-order valence-electron chi connectivity index (χ0n) is 12.1. The molecule has 2 rings (SSSR count). The van der Waals surface area contributed by atoms with Gasteiger partial charge in [-0.15, -0.1) is 0 Å². The third kappa shape index (κ3) is 3.97. The Bertz CT molecular complexity index is 608. The molecule has 0 saturated carbocycles. The summed E-state index contributed by atoms with van der Waals surface area (Å²) in [6, 6.07) is 10.4. The Labute approximate surface area is 135 Å². The molecule has 2 aromatic carbocycles. The van der Waals surface area contributed by atoms with Gasteiger partial charge in [0.2, 0.25) is 0 Å². The van der Waals surface area contributed by atoms with Gasteiger partial charge in [0.15, 0.2) is 0 Å². The van der Waals surface area contributed by atoms with Crippen LogP contribution < -0.4 is 5.32 Å². The highest BCUT2D eigenvalue weighted by molar-refractivity contribution is 6.36. The zero-order valence-corrected chi connectivity index (χ0v) is 13.6. The first-order valence-electron chi connectivity index (χ1n) is 6.95. The van der Waals surface area contributed by atoms with Gasteiger partial charge in [0.25, 0.3) is 0 Å². The van der Waals surface area contributed by atoms with E-state index in [4.69, 9.17) is 23.2 Å². The quantitative estimate of drug-likeness (QED) is 0.782. The minimum absolute atomic E-state index is 0.160. The molecule has 21 heavy (non-hydrogen) atoms. The van der Waals surface area contributed by atoms with E-state index in [-0.39, 0.29) is 11.9 Å². The molecule has 1 unspecified atom stereocenters. The summed E-state index contributed by atoms with van der Waals surface area (Å²) < 4.78 is 14.1. The van der Waals surface area contributed by atoms with Gasteiger partial charge in [-0.05, 0) is 43.7 Å². The second-order valence-electron chi connectivity index (χ2n) is 5.04. The van der Waals surface area contributed by atoms with Crippen LogP contribution in [0.4, 0.5) is 4.39 Å². The van der Waals surface area contributed by atoms with Crippen molar-refractivity contribution in [3.8, 4) is 0 Å². The second kappa shape index (κ2) is 7.26. The molecule has 0 aromatic heterocycles. The Morgan fingerprint density at radius 1 is 1.14 bits per heavy atom. The molecule has 0 amide bonds. The van der Waals surface area contributed by atoms with E-state index in [1.807, 2.05) is 26.0 Å². The molecule has 112 valence electrons. The van der Waals surface area contributed by atoms with Crippen molar-refractivity contribution in [1.29, 1.82) is 0 Å². The lowest BCUT2D eigenvalue weighted by Gasteiger charge is -2.21. The average Bonchev–Trinajstić information content (AvgIpc) is 2.44. The van der Waals surface area contributed by atoms with E-state index in [2.05, 4.69) is 5.32 Å². The normalized spacial score (nSPS) is 12.4. The van der Waals surface area contributed by atoms with Gasteiger partial charge in [0.05, 0.1) is 0 Å². The van der Waals surface area contributed by atoms with Crippen LogP contribution in [0, 0.1) is 12.7 Å². The third-order valence-corrected chi connectivity index (χ3v) is 4.16. The Morgan fingerprint density at radius 2 is 1.81 bits per heavy atom. The van der Waals surface area contributed by atoms with Crippen LogP contribution in [-0.2, 0) is 6.42 Å². The van der Waals surface area contributed by atoms with E-state index in [0.717, 1.165) is 17.7 Å². The number of hydrogen-bond donors (Lipinski definition) is 1. The van der Waals surface area contributed by atoms with E-state index in [1.54, 1.807) is 18.2 Å². The average molecular weight is 326 g/mol.